The molecule has 1 saturated carbocycles. The average molecular weight is 645 g/mol. The van der Waals surface area contributed by atoms with E-state index < -0.39 is 6.09 Å². The molecule has 7 nitrogen and oxygen atoms in total. The Bertz CT molecular complexity index is 1650. The van der Waals surface area contributed by atoms with Crippen LogP contribution in [0.4, 0.5) is 16.2 Å². The molecule has 0 radical (unpaired) electrons. The summed E-state index contributed by atoms with van der Waals surface area (Å²) in [6.45, 7) is 2.41. The van der Waals surface area contributed by atoms with E-state index in [0.29, 0.717) is 18.9 Å². The first-order valence-corrected chi connectivity index (χ1v) is 17.4. The van der Waals surface area contributed by atoms with Crippen molar-refractivity contribution in [3.8, 4) is 11.1 Å². The van der Waals surface area contributed by atoms with Crippen molar-refractivity contribution in [2.24, 2.45) is 11.7 Å². The first-order valence-electron chi connectivity index (χ1n) is 17.4. The lowest BCUT2D eigenvalue weighted by molar-refractivity contribution is -0.134. The molecule has 4 aromatic carbocycles. The minimum Gasteiger partial charge on any atom is -0.453 e. The van der Waals surface area contributed by atoms with Gasteiger partial charge in [0.05, 0.1) is 24.9 Å². The summed E-state index contributed by atoms with van der Waals surface area (Å²) < 4.78 is 5.00. The second kappa shape index (κ2) is 16.0. The molecule has 1 heterocycles. The first-order chi connectivity index (χ1) is 23.4. The highest BCUT2D eigenvalue weighted by Gasteiger charge is 2.28. The zero-order chi connectivity index (χ0) is 33.3. The minimum absolute atomic E-state index is 0.147. The average Bonchev–Trinajstić information content (AvgIpc) is 3.12. The van der Waals surface area contributed by atoms with E-state index in [2.05, 4.69) is 81.8 Å². The number of nitrogens with zero attached hydrogens (tertiary/aromatic N) is 2. The number of methoxy groups -OCH3 is 1. The molecule has 48 heavy (non-hydrogen) atoms. The number of nitrogens with one attached hydrogen (secondary N) is 1. The number of rotatable bonds is 10. The topological polar surface area (TPSA) is 87.9 Å². The van der Waals surface area contributed by atoms with E-state index in [4.69, 9.17) is 10.5 Å². The van der Waals surface area contributed by atoms with Crippen LogP contribution in [-0.4, -0.2) is 49.2 Å². The quantitative estimate of drug-likeness (QED) is 0.184. The normalized spacial score (nSPS) is 18.2. The number of hydrogen-bond acceptors (Lipinski definition) is 5. The molecule has 1 saturated heterocycles. The van der Waals surface area contributed by atoms with Gasteiger partial charge in [-0.05, 0) is 96.9 Å². The summed E-state index contributed by atoms with van der Waals surface area (Å²) in [7, 11) is 1.39. The van der Waals surface area contributed by atoms with E-state index in [-0.39, 0.29) is 18.0 Å². The molecule has 0 spiro atoms. The maximum atomic E-state index is 13.8. The summed E-state index contributed by atoms with van der Waals surface area (Å²) in [5.74, 6) is 0.792. The molecule has 250 valence electrons. The molecule has 4 aromatic rings. The SMILES string of the molecule is COC(=O)Nc1cc(-c2cccc(CN(C(=O)Cc3ccccc3)C3CCC(N)CC3)c2)ccc1N1CCC(Cc2ccccc2)CC1. The van der Waals surface area contributed by atoms with Crippen LogP contribution >= 0.6 is 0 Å². The highest BCUT2D eigenvalue weighted by atomic mass is 16.5. The van der Waals surface area contributed by atoms with Gasteiger partial charge in [-0.15, -0.1) is 0 Å². The second-order valence-corrected chi connectivity index (χ2v) is 13.4. The Kier molecular flexibility index (Phi) is 11.1. The van der Waals surface area contributed by atoms with E-state index in [1.807, 2.05) is 36.4 Å². The van der Waals surface area contributed by atoms with Crippen molar-refractivity contribution >= 4 is 23.4 Å². The van der Waals surface area contributed by atoms with Gasteiger partial charge >= 0.3 is 6.09 Å². The molecule has 0 aromatic heterocycles. The van der Waals surface area contributed by atoms with E-state index in [9.17, 15) is 9.59 Å². The van der Waals surface area contributed by atoms with Gasteiger partial charge < -0.3 is 20.3 Å². The van der Waals surface area contributed by atoms with Crippen LogP contribution in [0.2, 0.25) is 0 Å². The van der Waals surface area contributed by atoms with Crippen LogP contribution in [0.1, 0.15) is 55.2 Å². The van der Waals surface area contributed by atoms with Crippen molar-refractivity contribution < 1.29 is 14.3 Å². The Morgan fingerprint density at radius 3 is 2.10 bits per heavy atom. The number of nitrogens with two attached hydrogens (primary N) is 1. The summed E-state index contributed by atoms with van der Waals surface area (Å²) >= 11 is 0. The van der Waals surface area contributed by atoms with Crippen LogP contribution in [-0.2, 0) is 28.9 Å². The fourth-order valence-corrected chi connectivity index (χ4v) is 7.33. The molecule has 2 aliphatic rings. The third-order valence-corrected chi connectivity index (χ3v) is 10.1. The fourth-order valence-electron chi connectivity index (χ4n) is 7.33. The summed E-state index contributed by atoms with van der Waals surface area (Å²) in [4.78, 5) is 30.7. The third-order valence-electron chi connectivity index (χ3n) is 10.1. The molecule has 0 unspecified atom stereocenters. The number of anilines is 2. The maximum absolute atomic E-state index is 13.8. The first kappa shape index (κ1) is 33.3. The molecule has 1 aliphatic carbocycles. The Balaban J connectivity index is 1.20. The summed E-state index contributed by atoms with van der Waals surface area (Å²) in [6, 6.07) is 35.8. The summed E-state index contributed by atoms with van der Waals surface area (Å²) in [5, 5.41) is 2.98. The zero-order valence-corrected chi connectivity index (χ0v) is 28.0. The number of benzene rings is 4. The van der Waals surface area contributed by atoms with Crippen molar-refractivity contribution in [2.75, 3.05) is 30.4 Å². The van der Waals surface area contributed by atoms with Crippen molar-refractivity contribution in [2.45, 2.75) is 70.0 Å². The lowest BCUT2D eigenvalue weighted by atomic mass is 9.89. The Morgan fingerprint density at radius 2 is 1.42 bits per heavy atom. The molecule has 3 N–H and O–H groups in total. The van der Waals surface area contributed by atoms with Crippen LogP contribution in [0, 0.1) is 5.92 Å². The van der Waals surface area contributed by atoms with Gasteiger partial charge in [0.25, 0.3) is 0 Å². The molecular weight excluding hydrogens is 596 g/mol. The van der Waals surface area contributed by atoms with Crippen molar-refractivity contribution in [3.05, 3.63) is 120 Å². The van der Waals surface area contributed by atoms with Crippen LogP contribution in [0.5, 0.6) is 0 Å². The number of piperidine rings is 1. The fraction of sp³-hybridized carbons (Fsp3) is 0.366. The Labute approximate surface area is 285 Å². The number of carbonyl (C=O) groups excluding carboxylic acids is 2. The predicted octanol–water partition coefficient (Wildman–Crippen LogP) is 7.83. The van der Waals surface area contributed by atoms with E-state index in [0.717, 1.165) is 91.7 Å². The van der Waals surface area contributed by atoms with Gasteiger partial charge in [0, 0.05) is 31.7 Å². The van der Waals surface area contributed by atoms with Gasteiger partial charge in [-0.1, -0.05) is 84.9 Å². The molecule has 6 rings (SSSR count). The molecule has 1 aliphatic heterocycles. The van der Waals surface area contributed by atoms with Gasteiger partial charge in [-0.25, -0.2) is 4.79 Å². The van der Waals surface area contributed by atoms with Gasteiger partial charge in [-0.2, -0.15) is 0 Å². The predicted molar refractivity (Wildman–Crippen MR) is 194 cm³/mol. The van der Waals surface area contributed by atoms with Crippen molar-refractivity contribution in [3.63, 3.8) is 0 Å². The van der Waals surface area contributed by atoms with Gasteiger partial charge in [0.1, 0.15) is 0 Å². The molecule has 2 fully saturated rings. The van der Waals surface area contributed by atoms with E-state index in [1.54, 1.807) is 0 Å². The van der Waals surface area contributed by atoms with Crippen LogP contribution < -0.4 is 16.0 Å². The number of hydrogen-bond donors (Lipinski definition) is 2. The standard InChI is InChI=1S/C41H48N4O3/c1-48-41(47)43-38-28-35(15-20-39(38)44-23-21-32(22-24-44)25-30-9-4-2-5-10-30)34-14-8-13-33(26-34)29-45(37-18-16-36(42)17-19-37)40(46)27-31-11-6-3-7-12-31/h2-15,20,26,28,32,36-37H,16-19,21-25,27,29,42H2,1H3,(H,43,47). The molecule has 2 amide bonds. The Morgan fingerprint density at radius 1 is 0.771 bits per heavy atom. The van der Waals surface area contributed by atoms with Gasteiger partial charge in [-0.3, -0.25) is 10.1 Å². The summed E-state index contributed by atoms with van der Waals surface area (Å²) in [6.07, 6.45) is 6.92. The van der Waals surface area contributed by atoms with E-state index >= 15 is 0 Å². The molecule has 0 bridgehead atoms. The number of amides is 2. The number of ether oxygens (including phenoxy) is 1. The highest BCUT2D eigenvalue weighted by Crippen LogP contribution is 2.35. The second-order valence-electron chi connectivity index (χ2n) is 13.4. The van der Waals surface area contributed by atoms with E-state index in [1.165, 1.54) is 12.7 Å². The molecular formula is C41H48N4O3. The lowest BCUT2D eigenvalue weighted by Gasteiger charge is -2.36. The molecule has 0 atom stereocenters. The highest BCUT2D eigenvalue weighted by molar-refractivity contribution is 5.91. The maximum Gasteiger partial charge on any atom is 0.411 e. The van der Waals surface area contributed by atoms with Crippen molar-refractivity contribution in [1.82, 2.24) is 4.90 Å². The van der Waals surface area contributed by atoms with Gasteiger partial charge in [0.2, 0.25) is 5.91 Å². The third kappa shape index (κ3) is 8.64. The monoisotopic (exact) mass is 644 g/mol. The van der Waals surface area contributed by atoms with Crippen LogP contribution in [0.25, 0.3) is 11.1 Å². The minimum atomic E-state index is -0.485. The summed E-state index contributed by atoms with van der Waals surface area (Å²) in [5.41, 5.74) is 13.5. The smallest absolute Gasteiger partial charge is 0.411 e. The zero-order valence-electron chi connectivity index (χ0n) is 28.0. The van der Waals surface area contributed by atoms with Crippen LogP contribution in [0.15, 0.2) is 103 Å². The van der Waals surface area contributed by atoms with Gasteiger partial charge in [0.15, 0.2) is 0 Å². The Hall–Kier alpha value is -4.62. The molecule has 7 heteroatoms. The van der Waals surface area contributed by atoms with Crippen molar-refractivity contribution in [1.29, 1.82) is 0 Å². The lowest BCUT2D eigenvalue weighted by Crippen LogP contribution is -2.44. The largest absolute Gasteiger partial charge is 0.453 e. The van der Waals surface area contributed by atoms with Crippen LogP contribution in [0.3, 0.4) is 0 Å². The number of carbonyl (C=O) groups is 2.